The highest BCUT2D eigenvalue weighted by Crippen LogP contribution is 2.33. The Morgan fingerprint density at radius 2 is 1.65 bits per heavy atom. The number of hydrazine groups is 1. The summed E-state index contributed by atoms with van der Waals surface area (Å²) in [7, 11) is 0. The Balaban J connectivity index is 1.97. The van der Waals surface area contributed by atoms with E-state index in [1.54, 1.807) is 0 Å². The van der Waals surface area contributed by atoms with E-state index in [9.17, 15) is 4.79 Å². The fourth-order valence-corrected chi connectivity index (χ4v) is 2.39. The highest BCUT2D eigenvalue weighted by Gasteiger charge is 2.45. The third kappa shape index (κ3) is 2.13. The number of nitrogens with one attached hydrogen (secondary N) is 1. The van der Waals surface area contributed by atoms with Crippen LogP contribution in [0.15, 0.2) is 71.0 Å². The largest absolute Gasteiger partial charge is 0.282 e. The van der Waals surface area contributed by atoms with Crippen molar-refractivity contribution in [2.75, 3.05) is 5.12 Å². The number of benzene rings is 2. The van der Waals surface area contributed by atoms with Gasteiger partial charge in [-0.15, -0.1) is 5.11 Å². The first kappa shape index (κ1) is 13.0. The van der Waals surface area contributed by atoms with Crippen LogP contribution in [-0.4, -0.2) is 4.69 Å². The van der Waals surface area contributed by atoms with E-state index in [-0.39, 0.29) is 4.69 Å². The van der Waals surface area contributed by atoms with Gasteiger partial charge in [0.1, 0.15) is 0 Å². The van der Waals surface area contributed by atoms with E-state index in [0.29, 0.717) is 0 Å². The third-order valence-electron chi connectivity index (χ3n) is 3.03. The summed E-state index contributed by atoms with van der Waals surface area (Å²) in [6, 6.07) is 18.7. The van der Waals surface area contributed by atoms with Crippen LogP contribution < -0.4 is 10.5 Å². The number of carbonyl (C=O) groups excluding carboxylic acids is 1. The summed E-state index contributed by atoms with van der Waals surface area (Å²) in [5.74, 6) is 0. The van der Waals surface area contributed by atoms with Gasteiger partial charge in [-0.1, -0.05) is 53.8 Å². The number of anilines is 1. The van der Waals surface area contributed by atoms with Gasteiger partial charge in [0.05, 0.1) is 5.69 Å². The Bertz CT molecular complexity index is 647. The van der Waals surface area contributed by atoms with Crippen LogP contribution in [0.5, 0.6) is 0 Å². The molecule has 6 heteroatoms. The molecule has 0 aromatic heterocycles. The smallest absolute Gasteiger partial charge is 0.248 e. The molecule has 0 saturated carbocycles. The SMILES string of the molecule is O=C(Br)C1(c2ccccc2)N=NN(c2ccccc2)N1. The lowest BCUT2D eigenvalue weighted by molar-refractivity contribution is -0.115. The standard InChI is InChI=1S/C14H11BrN4O/c15-13(20)14(11-7-3-1-4-8-11)16-18-19(17-14)12-9-5-2-6-10-12/h1-10,17H. The lowest BCUT2D eigenvalue weighted by Gasteiger charge is -2.23. The molecule has 0 amide bonds. The average Bonchev–Trinajstić information content (AvgIpc) is 2.96. The van der Waals surface area contributed by atoms with Crippen molar-refractivity contribution in [2.24, 2.45) is 10.3 Å². The molecule has 2 aromatic rings. The predicted octanol–water partition coefficient (Wildman–Crippen LogP) is 3.15. The van der Waals surface area contributed by atoms with Gasteiger partial charge in [0.2, 0.25) is 10.4 Å². The van der Waals surface area contributed by atoms with Gasteiger partial charge in [0, 0.05) is 5.56 Å². The van der Waals surface area contributed by atoms with Crippen LogP contribution in [0.1, 0.15) is 5.56 Å². The summed E-state index contributed by atoms with van der Waals surface area (Å²) in [4.78, 5) is 12.0. The predicted molar refractivity (Wildman–Crippen MR) is 79.0 cm³/mol. The first-order valence-electron chi connectivity index (χ1n) is 6.04. The van der Waals surface area contributed by atoms with Crippen molar-refractivity contribution in [2.45, 2.75) is 5.66 Å². The topological polar surface area (TPSA) is 57.1 Å². The van der Waals surface area contributed by atoms with Gasteiger partial charge in [-0.05, 0) is 28.1 Å². The van der Waals surface area contributed by atoms with Crippen LogP contribution in [0.25, 0.3) is 0 Å². The lowest BCUT2D eigenvalue weighted by Crippen LogP contribution is -2.48. The van der Waals surface area contributed by atoms with E-state index < -0.39 is 5.66 Å². The molecular formula is C14H11BrN4O. The van der Waals surface area contributed by atoms with Gasteiger partial charge in [-0.3, -0.25) is 4.79 Å². The Morgan fingerprint density at radius 1 is 1.05 bits per heavy atom. The second kappa shape index (κ2) is 5.15. The molecule has 1 atom stereocenters. The number of para-hydroxylation sites is 1. The van der Waals surface area contributed by atoms with Gasteiger partial charge in [-0.2, -0.15) is 10.5 Å². The van der Waals surface area contributed by atoms with Gasteiger partial charge < -0.3 is 0 Å². The molecule has 1 aliphatic rings. The van der Waals surface area contributed by atoms with Crippen LogP contribution in [0, 0.1) is 0 Å². The summed E-state index contributed by atoms with van der Waals surface area (Å²) >= 11 is 3.01. The lowest BCUT2D eigenvalue weighted by atomic mass is 10.0. The van der Waals surface area contributed by atoms with E-state index in [1.165, 1.54) is 5.12 Å². The summed E-state index contributed by atoms with van der Waals surface area (Å²) < 4.78 is -0.293. The maximum absolute atomic E-state index is 12.0. The Hall–Kier alpha value is -2.05. The van der Waals surface area contributed by atoms with Crippen LogP contribution in [-0.2, 0) is 10.5 Å². The molecule has 0 spiro atoms. The molecule has 1 aliphatic heterocycles. The van der Waals surface area contributed by atoms with E-state index in [1.807, 2.05) is 60.7 Å². The minimum absolute atomic E-state index is 0.293. The number of hydrogen-bond donors (Lipinski definition) is 1. The van der Waals surface area contributed by atoms with Crippen molar-refractivity contribution in [3.05, 3.63) is 66.2 Å². The van der Waals surface area contributed by atoms with Gasteiger partial charge >= 0.3 is 0 Å². The van der Waals surface area contributed by atoms with Gasteiger partial charge in [-0.25, -0.2) is 0 Å². The first-order chi connectivity index (χ1) is 9.72. The molecular weight excluding hydrogens is 320 g/mol. The molecule has 100 valence electrons. The van der Waals surface area contributed by atoms with Crippen molar-refractivity contribution in [3.8, 4) is 0 Å². The average molecular weight is 331 g/mol. The summed E-state index contributed by atoms with van der Waals surface area (Å²) in [6.07, 6.45) is 0. The molecule has 1 N–H and O–H groups in total. The van der Waals surface area contributed by atoms with Crippen molar-refractivity contribution >= 4 is 26.3 Å². The zero-order valence-electron chi connectivity index (χ0n) is 10.4. The fraction of sp³-hybridized carbons (Fsp3) is 0.0714. The van der Waals surface area contributed by atoms with E-state index >= 15 is 0 Å². The third-order valence-corrected chi connectivity index (χ3v) is 3.60. The Kier molecular flexibility index (Phi) is 3.33. The molecule has 2 aromatic carbocycles. The molecule has 1 heterocycles. The zero-order chi connectivity index (χ0) is 14.0. The number of rotatable bonds is 3. The van der Waals surface area contributed by atoms with E-state index in [2.05, 4.69) is 31.7 Å². The quantitative estimate of drug-likeness (QED) is 0.879. The van der Waals surface area contributed by atoms with Gasteiger partial charge in [0.15, 0.2) is 0 Å². The molecule has 5 nitrogen and oxygen atoms in total. The molecule has 0 fully saturated rings. The van der Waals surface area contributed by atoms with Crippen LogP contribution in [0.2, 0.25) is 0 Å². The van der Waals surface area contributed by atoms with Gasteiger partial charge in [0.25, 0.3) is 0 Å². The maximum atomic E-state index is 12.0. The summed E-state index contributed by atoms with van der Waals surface area (Å²) in [6.45, 7) is 0. The highest BCUT2D eigenvalue weighted by atomic mass is 79.9. The highest BCUT2D eigenvalue weighted by molar-refractivity contribution is 9.18. The van der Waals surface area contributed by atoms with Crippen molar-refractivity contribution < 1.29 is 4.79 Å². The second-order valence-electron chi connectivity index (χ2n) is 4.30. The zero-order valence-corrected chi connectivity index (χ0v) is 12.0. The monoisotopic (exact) mass is 330 g/mol. The molecule has 0 radical (unpaired) electrons. The molecule has 20 heavy (non-hydrogen) atoms. The number of hydrogen-bond acceptors (Lipinski definition) is 5. The molecule has 0 bridgehead atoms. The first-order valence-corrected chi connectivity index (χ1v) is 6.83. The number of halogens is 1. The van der Waals surface area contributed by atoms with E-state index in [0.717, 1.165) is 11.3 Å². The van der Waals surface area contributed by atoms with Crippen molar-refractivity contribution in [1.82, 2.24) is 5.43 Å². The van der Waals surface area contributed by atoms with Crippen molar-refractivity contribution in [1.29, 1.82) is 0 Å². The fourth-order valence-electron chi connectivity index (χ4n) is 1.99. The maximum Gasteiger partial charge on any atom is 0.248 e. The van der Waals surface area contributed by atoms with Crippen molar-refractivity contribution in [3.63, 3.8) is 0 Å². The minimum atomic E-state index is -1.23. The Morgan fingerprint density at radius 3 is 2.25 bits per heavy atom. The molecule has 0 aliphatic carbocycles. The summed E-state index contributed by atoms with van der Waals surface area (Å²) in [5, 5.41) is 9.68. The second-order valence-corrected chi connectivity index (χ2v) is 5.02. The number of carbonyl (C=O) groups is 1. The summed E-state index contributed by atoms with van der Waals surface area (Å²) in [5.41, 5.74) is 3.35. The van der Waals surface area contributed by atoms with E-state index in [4.69, 9.17) is 0 Å². The van der Waals surface area contributed by atoms with Crippen LogP contribution in [0.3, 0.4) is 0 Å². The normalized spacial score (nSPS) is 21.1. The molecule has 0 saturated heterocycles. The van der Waals surface area contributed by atoms with Crippen LogP contribution in [0.4, 0.5) is 5.69 Å². The number of nitrogens with zero attached hydrogens (tertiary/aromatic N) is 3. The molecule has 3 rings (SSSR count). The minimum Gasteiger partial charge on any atom is -0.282 e. The van der Waals surface area contributed by atoms with Crippen LogP contribution >= 0.6 is 15.9 Å². The Labute approximate surface area is 124 Å². The molecule has 1 unspecified atom stereocenters.